The first kappa shape index (κ1) is 38.0. The summed E-state index contributed by atoms with van der Waals surface area (Å²) in [7, 11) is 0. The summed E-state index contributed by atoms with van der Waals surface area (Å²) in [5.41, 5.74) is -1.37. The van der Waals surface area contributed by atoms with Crippen molar-refractivity contribution in [2.45, 2.75) is 157 Å². The van der Waals surface area contributed by atoms with Crippen LogP contribution in [0, 0.1) is 0 Å². The van der Waals surface area contributed by atoms with Crippen molar-refractivity contribution in [3.05, 3.63) is 0 Å². The van der Waals surface area contributed by atoms with Gasteiger partial charge in [-0.3, -0.25) is 24.0 Å². The minimum atomic E-state index is -1.18. The molecule has 222 valence electrons. The molecule has 0 aromatic heterocycles. The van der Waals surface area contributed by atoms with Crippen LogP contribution in [0.3, 0.4) is 0 Å². The van der Waals surface area contributed by atoms with Gasteiger partial charge in [-0.05, 0) is 34.1 Å². The summed E-state index contributed by atoms with van der Waals surface area (Å²) in [5, 5.41) is 0. The van der Waals surface area contributed by atoms with Crippen molar-refractivity contribution in [2.75, 3.05) is 0 Å². The van der Waals surface area contributed by atoms with Crippen LogP contribution in [0.25, 0.3) is 0 Å². The molecule has 0 amide bonds. The standard InChI is InChI=1S/C16H28O5.C13H24O4/c1-7-9-13(18)11-15(3,4)21-16(5,6)20-14(19)10-12(17)8-2;1-7-10(14)9-12(3,4)17-13(5,6)16-11(15)8-2/h7-11H2,1-6H3;7-9H2,1-6H3. The maximum Gasteiger partial charge on any atom is 0.315 e. The van der Waals surface area contributed by atoms with Gasteiger partial charge in [0.25, 0.3) is 0 Å². The van der Waals surface area contributed by atoms with E-state index in [1.165, 1.54) is 0 Å². The van der Waals surface area contributed by atoms with E-state index in [2.05, 4.69) is 0 Å². The Morgan fingerprint density at radius 2 is 0.921 bits per heavy atom. The number of carbonyl (C=O) groups is 5. The zero-order chi connectivity index (χ0) is 30.4. The van der Waals surface area contributed by atoms with Crippen molar-refractivity contribution in [1.29, 1.82) is 0 Å². The Hall–Kier alpha value is -2.13. The van der Waals surface area contributed by atoms with Crippen molar-refractivity contribution in [3.63, 3.8) is 0 Å². The van der Waals surface area contributed by atoms with Crippen molar-refractivity contribution in [3.8, 4) is 0 Å². The molecule has 9 nitrogen and oxygen atoms in total. The van der Waals surface area contributed by atoms with Gasteiger partial charge in [-0.15, -0.1) is 0 Å². The summed E-state index contributed by atoms with van der Waals surface area (Å²) in [5.74, 6) is -3.03. The number of hydrogen-bond acceptors (Lipinski definition) is 9. The zero-order valence-electron chi connectivity index (χ0n) is 25.8. The summed E-state index contributed by atoms with van der Waals surface area (Å²) in [6.07, 6.45) is 2.73. The Morgan fingerprint density at radius 1 is 0.526 bits per heavy atom. The lowest BCUT2D eigenvalue weighted by molar-refractivity contribution is -0.254. The first-order valence-corrected chi connectivity index (χ1v) is 13.5. The SMILES string of the molecule is CCC(=O)CC(C)(C)OC(C)(C)OC(=O)CC.CCCC(=O)CC(C)(C)OC(C)(C)OC(=O)CC(=O)CC. The first-order chi connectivity index (χ1) is 17.1. The molecule has 0 radical (unpaired) electrons. The fourth-order valence-electron chi connectivity index (χ4n) is 3.83. The molecule has 0 aromatic rings. The Balaban J connectivity index is 0. The Morgan fingerprint density at radius 3 is 1.29 bits per heavy atom. The lowest BCUT2D eigenvalue weighted by Crippen LogP contribution is -2.41. The van der Waals surface area contributed by atoms with Crippen LogP contribution in [0.15, 0.2) is 0 Å². The normalized spacial score (nSPS) is 12.2. The molecule has 0 spiro atoms. The lowest BCUT2D eigenvalue weighted by atomic mass is 9.99. The van der Waals surface area contributed by atoms with Gasteiger partial charge < -0.3 is 18.9 Å². The number of Topliss-reactive ketones (excluding diaryl/α,β-unsaturated/α-hetero) is 3. The van der Waals surface area contributed by atoms with E-state index >= 15 is 0 Å². The van der Waals surface area contributed by atoms with Crippen molar-refractivity contribution in [1.82, 2.24) is 0 Å². The molecule has 0 aliphatic carbocycles. The monoisotopic (exact) mass is 544 g/mol. The summed E-state index contributed by atoms with van der Waals surface area (Å²) in [6.45, 7) is 21.0. The maximum absolute atomic E-state index is 11.7. The summed E-state index contributed by atoms with van der Waals surface area (Å²) < 4.78 is 21.8. The second-order valence-electron chi connectivity index (χ2n) is 11.4. The molecule has 0 saturated heterocycles. The zero-order valence-corrected chi connectivity index (χ0v) is 25.8. The van der Waals surface area contributed by atoms with E-state index in [0.717, 1.165) is 6.42 Å². The minimum Gasteiger partial charge on any atom is -0.434 e. The van der Waals surface area contributed by atoms with Crippen LogP contribution in [0.5, 0.6) is 0 Å². The molecule has 0 heterocycles. The van der Waals surface area contributed by atoms with Crippen LogP contribution in [-0.4, -0.2) is 52.1 Å². The first-order valence-electron chi connectivity index (χ1n) is 13.5. The molecule has 0 atom stereocenters. The third-order valence-electron chi connectivity index (χ3n) is 4.96. The minimum absolute atomic E-state index is 0.116. The molecule has 9 heteroatoms. The fraction of sp³-hybridized carbons (Fsp3) is 0.828. The number of carbonyl (C=O) groups excluding carboxylic acids is 5. The number of rotatable bonds is 17. The molecule has 0 aliphatic heterocycles. The molecule has 0 rings (SSSR count). The molecule has 0 saturated carbocycles. The Kier molecular flexibility index (Phi) is 16.8. The molecule has 0 fully saturated rings. The second-order valence-corrected chi connectivity index (χ2v) is 11.4. The van der Waals surface area contributed by atoms with Gasteiger partial charge in [-0.25, -0.2) is 0 Å². The van der Waals surface area contributed by atoms with Gasteiger partial charge in [0.2, 0.25) is 11.6 Å². The van der Waals surface area contributed by atoms with E-state index in [4.69, 9.17) is 18.9 Å². The highest BCUT2D eigenvalue weighted by atomic mass is 16.7. The topological polar surface area (TPSA) is 122 Å². The fourth-order valence-corrected chi connectivity index (χ4v) is 3.83. The van der Waals surface area contributed by atoms with E-state index in [0.29, 0.717) is 32.1 Å². The van der Waals surface area contributed by atoms with Gasteiger partial charge in [0.05, 0.1) is 11.2 Å². The second kappa shape index (κ2) is 16.7. The Labute approximate surface area is 229 Å². The van der Waals surface area contributed by atoms with Crippen LogP contribution < -0.4 is 0 Å². The van der Waals surface area contributed by atoms with Gasteiger partial charge in [0.1, 0.15) is 23.8 Å². The molecular weight excluding hydrogens is 492 g/mol. The van der Waals surface area contributed by atoms with Crippen LogP contribution in [0.1, 0.15) is 134 Å². The number of ether oxygens (including phenoxy) is 4. The van der Waals surface area contributed by atoms with Gasteiger partial charge in [0, 0.05) is 66.2 Å². The van der Waals surface area contributed by atoms with Gasteiger partial charge in [-0.2, -0.15) is 0 Å². The third kappa shape index (κ3) is 19.9. The van der Waals surface area contributed by atoms with Gasteiger partial charge in [0.15, 0.2) is 0 Å². The molecule has 0 aromatic carbocycles. The predicted octanol–water partition coefficient (Wildman–Crippen LogP) is 6.03. The van der Waals surface area contributed by atoms with E-state index in [1.807, 2.05) is 27.7 Å². The maximum atomic E-state index is 11.7. The molecule has 0 aliphatic rings. The predicted molar refractivity (Wildman–Crippen MR) is 145 cm³/mol. The summed E-state index contributed by atoms with van der Waals surface area (Å²) in [6, 6.07) is 0. The van der Waals surface area contributed by atoms with Gasteiger partial charge in [-0.1, -0.05) is 27.7 Å². The Bertz CT molecular complexity index is 764. The van der Waals surface area contributed by atoms with E-state index in [1.54, 1.807) is 55.4 Å². The van der Waals surface area contributed by atoms with Crippen LogP contribution in [-0.2, 0) is 42.9 Å². The highest BCUT2D eigenvalue weighted by molar-refractivity contribution is 5.95. The van der Waals surface area contributed by atoms with Crippen molar-refractivity contribution >= 4 is 29.3 Å². The highest BCUT2D eigenvalue weighted by Crippen LogP contribution is 2.26. The largest absolute Gasteiger partial charge is 0.434 e. The molecule has 38 heavy (non-hydrogen) atoms. The van der Waals surface area contributed by atoms with Crippen molar-refractivity contribution < 1.29 is 42.9 Å². The van der Waals surface area contributed by atoms with Crippen molar-refractivity contribution in [2.24, 2.45) is 0 Å². The third-order valence-corrected chi connectivity index (χ3v) is 4.96. The van der Waals surface area contributed by atoms with Crippen LogP contribution in [0.4, 0.5) is 0 Å². The molecular formula is C29H52O9. The smallest absolute Gasteiger partial charge is 0.315 e. The molecule has 0 N–H and O–H groups in total. The number of hydrogen-bond donors (Lipinski definition) is 0. The molecule has 0 bridgehead atoms. The number of ketones is 3. The average Bonchev–Trinajstić information content (AvgIpc) is 2.70. The van der Waals surface area contributed by atoms with E-state index in [-0.39, 0.29) is 36.2 Å². The van der Waals surface area contributed by atoms with Crippen LogP contribution >= 0.6 is 0 Å². The quantitative estimate of drug-likeness (QED) is 0.123. The lowest BCUT2D eigenvalue weighted by Gasteiger charge is -2.35. The number of esters is 2. The summed E-state index contributed by atoms with van der Waals surface area (Å²) in [4.78, 5) is 57.2. The highest BCUT2D eigenvalue weighted by Gasteiger charge is 2.34. The summed E-state index contributed by atoms with van der Waals surface area (Å²) >= 11 is 0. The van der Waals surface area contributed by atoms with E-state index in [9.17, 15) is 24.0 Å². The van der Waals surface area contributed by atoms with E-state index < -0.39 is 28.7 Å². The van der Waals surface area contributed by atoms with Crippen LogP contribution in [0.2, 0.25) is 0 Å². The average molecular weight is 545 g/mol. The molecule has 0 unspecified atom stereocenters. The van der Waals surface area contributed by atoms with Gasteiger partial charge >= 0.3 is 11.9 Å².